The van der Waals surface area contributed by atoms with Crippen LogP contribution in [0.3, 0.4) is 0 Å². The summed E-state index contributed by atoms with van der Waals surface area (Å²) in [5.41, 5.74) is 1.05. The van der Waals surface area contributed by atoms with Crippen LogP contribution in [0.2, 0.25) is 5.15 Å². The van der Waals surface area contributed by atoms with E-state index in [9.17, 15) is 13.2 Å². The molecule has 0 amide bonds. The van der Waals surface area contributed by atoms with Crippen LogP contribution in [0.1, 0.15) is 24.2 Å². The summed E-state index contributed by atoms with van der Waals surface area (Å²) in [5.74, 6) is -0.961. The van der Waals surface area contributed by atoms with E-state index in [1.165, 1.54) is 6.07 Å². The lowest BCUT2D eigenvalue weighted by Gasteiger charge is -2.23. The van der Waals surface area contributed by atoms with Crippen molar-refractivity contribution in [1.29, 1.82) is 0 Å². The van der Waals surface area contributed by atoms with Gasteiger partial charge in [0, 0.05) is 18.7 Å². The van der Waals surface area contributed by atoms with E-state index in [1.807, 2.05) is 21.7 Å². The monoisotopic (exact) mass is 333 g/mol. The molecular formula is C13H11ClF3N3S. The second-order valence-electron chi connectivity index (χ2n) is 4.86. The molecule has 2 heterocycles. The van der Waals surface area contributed by atoms with Gasteiger partial charge in [-0.1, -0.05) is 11.6 Å². The molecule has 21 heavy (non-hydrogen) atoms. The molecule has 0 N–H and O–H groups in total. The molecule has 8 heteroatoms. The SMILES string of the molecule is FC(F)(F)c1nc(Cl)cc(N(Cc2ccsc2)C2CC2)n1. The Labute approximate surface area is 128 Å². The zero-order chi connectivity index (χ0) is 15.0. The summed E-state index contributed by atoms with van der Waals surface area (Å²) in [7, 11) is 0. The Bertz CT molecular complexity index is 626. The number of alkyl halides is 3. The van der Waals surface area contributed by atoms with E-state index < -0.39 is 12.0 Å². The first kappa shape index (κ1) is 14.6. The first-order chi connectivity index (χ1) is 9.93. The highest BCUT2D eigenvalue weighted by atomic mass is 35.5. The van der Waals surface area contributed by atoms with E-state index in [0.29, 0.717) is 6.54 Å². The van der Waals surface area contributed by atoms with Crippen LogP contribution in [-0.2, 0) is 12.7 Å². The largest absolute Gasteiger partial charge is 0.451 e. The number of anilines is 1. The molecule has 112 valence electrons. The van der Waals surface area contributed by atoms with Crippen molar-refractivity contribution in [3.05, 3.63) is 39.4 Å². The summed E-state index contributed by atoms with van der Waals surface area (Å²) in [6.07, 6.45) is -2.70. The van der Waals surface area contributed by atoms with Crippen LogP contribution in [0.15, 0.2) is 22.9 Å². The van der Waals surface area contributed by atoms with Crippen molar-refractivity contribution in [2.75, 3.05) is 4.90 Å². The maximum Gasteiger partial charge on any atom is 0.451 e. The van der Waals surface area contributed by atoms with E-state index in [0.717, 1.165) is 18.4 Å². The minimum Gasteiger partial charge on any atom is -0.349 e. The zero-order valence-electron chi connectivity index (χ0n) is 10.8. The Balaban J connectivity index is 1.94. The lowest BCUT2D eigenvalue weighted by atomic mass is 10.3. The van der Waals surface area contributed by atoms with Crippen molar-refractivity contribution < 1.29 is 13.2 Å². The molecule has 0 aromatic carbocycles. The number of rotatable bonds is 4. The molecule has 0 radical (unpaired) electrons. The molecule has 0 bridgehead atoms. The fourth-order valence-corrected chi connectivity index (χ4v) is 2.88. The molecule has 3 nitrogen and oxygen atoms in total. The zero-order valence-corrected chi connectivity index (χ0v) is 12.3. The van der Waals surface area contributed by atoms with Gasteiger partial charge >= 0.3 is 6.18 Å². The highest BCUT2D eigenvalue weighted by Crippen LogP contribution is 2.35. The molecule has 0 aliphatic heterocycles. The lowest BCUT2D eigenvalue weighted by molar-refractivity contribution is -0.144. The maximum absolute atomic E-state index is 12.8. The van der Waals surface area contributed by atoms with E-state index in [-0.39, 0.29) is 17.0 Å². The third-order valence-corrected chi connectivity index (χ3v) is 4.08. The van der Waals surface area contributed by atoms with Crippen LogP contribution in [-0.4, -0.2) is 16.0 Å². The molecule has 0 unspecified atom stereocenters. The number of thiophene rings is 1. The minimum absolute atomic E-state index is 0.191. The second kappa shape index (κ2) is 5.46. The molecule has 1 saturated carbocycles. The van der Waals surface area contributed by atoms with Gasteiger partial charge in [0.15, 0.2) is 0 Å². The molecule has 3 rings (SSSR count). The van der Waals surface area contributed by atoms with E-state index in [4.69, 9.17) is 11.6 Å². The number of nitrogens with zero attached hydrogens (tertiary/aromatic N) is 3. The Morgan fingerprint density at radius 3 is 2.67 bits per heavy atom. The van der Waals surface area contributed by atoms with Gasteiger partial charge in [0.05, 0.1) is 0 Å². The van der Waals surface area contributed by atoms with Gasteiger partial charge in [-0.05, 0) is 35.2 Å². The fraction of sp³-hybridized carbons (Fsp3) is 0.385. The Kier molecular flexibility index (Phi) is 3.79. The third-order valence-electron chi connectivity index (χ3n) is 3.15. The van der Waals surface area contributed by atoms with Crippen molar-refractivity contribution in [3.8, 4) is 0 Å². The van der Waals surface area contributed by atoms with Gasteiger partial charge in [-0.25, -0.2) is 9.97 Å². The minimum atomic E-state index is -4.60. The normalized spacial score (nSPS) is 15.2. The maximum atomic E-state index is 12.8. The second-order valence-corrected chi connectivity index (χ2v) is 6.03. The average molecular weight is 334 g/mol. The van der Waals surface area contributed by atoms with Crippen molar-refractivity contribution in [2.45, 2.75) is 31.6 Å². The molecule has 0 atom stereocenters. The topological polar surface area (TPSA) is 29.0 Å². The third kappa shape index (κ3) is 3.47. The smallest absolute Gasteiger partial charge is 0.349 e. The molecule has 2 aromatic rings. The fourth-order valence-electron chi connectivity index (χ4n) is 2.04. The van der Waals surface area contributed by atoms with Crippen molar-refractivity contribution in [2.24, 2.45) is 0 Å². The predicted molar refractivity (Wildman–Crippen MR) is 75.6 cm³/mol. The van der Waals surface area contributed by atoms with Gasteiger partial charge < -0.3 is 4.90 Å². The van der Waals surface area contributed by atoms with Gasteiger partial charge in [-0.15, -0.1) is 0 Å². The lowest BCUT2D eigenvalue weighted by Crippen LogP contribution is -2.27. The van der Waals surface area contributed by atoms with Gasteiger partial charge in [-0.3, -0.25) is 0 Å². The number of halogens is 4. The first-order valence-electron chi connectivity index (χ1n) is 6.33. The summed E-state index contributed by atoms with van der Waals surface area (Å²) in [6.45, 7) is 0.527. The van der Waals surface area contributed by atoms with Crippen LogP contribution in [0, 0.1) is 0 Å². The van der Waals surface area contributed by atoms with Gasteiger partial charge in [0.2, 0.25) is 5.82 Å². The average Bonchev–Trinajstić information content (AvgIpc) is 3.11. The summed E-state index contributed by atoms with van der Waals surface area (Å²) in [6, 6.07) is 3.56. The molecule has 1 fully saturated rings. The van der Waals surface area contributed by atoms with Crippen molar-refractivity contribution >= 4 is 28.8 Å². The molecule has 0 spiro atoms. The number of hydrogen-bond acceptors (Lipinski definition) is 4. The van der Waals surface area contributed by atoms with Crippen molar-refractivity contribution in [3.63, 3.8) is 0 Å². The Hall–Kier alpha value is -1.34. The number of hydrogen-bond donors (Lipinski definition) is 0. The van der Waals surface area contributed by atoms with Gasteiger partial charge in [-0.2, -0.15) is 24.5 Å². The van der Waals surface area contributed by atoms with Crippen LogP contribution in [0.5, 0.6) is 0 Å². The Morgan fingerprint density at radius 2 is 2.10 bits per heavy atom. The van der Waals surface area contributed by atoms with Crippen molar-refractivity contribution in [1.82, 2.24) is 9.97 Å². The highest BCUT2D eigenvalue weighted by molar-refractivity contribution is 7.07. The standard InChI is InChI=1S/C13H11ClF3N3S/c14-10-5-11(19-12(18-10)13(15,16)17)20(9-1-2-9)6-8-3-4-21-7-8/h3-5,7,9H,1-2,6H2. The summed E-state index contributed by atoms with van der Waals surface area (Å²) >= 11 is 7.29. The summed E-state index contributed by atoms with van der Waals surface area (Å²) in [5, 5.41) is 3.72. The number of aromatic nitrogens is 2. The van der Waals surface area contributed by atoms with E-state index >= 15 is 0 Å². The predicted octanol–water partition coefficient (Wildman–Crippen LogP) is 4.38. The van der Waals surface area contributed by atoms with Crippen LogP contribution in [0.25, 0.3) is 0 Å². The van der Waals surface area contributed by atoms with Gasteiger partial charge in [0.1, 0.15) is 11.0 Å². The van der Waals surface area contributed by atoms with Crippen LogP contribution in [0.4, 0.5) is 19.0 Å². The quantitative estimate of drug-likeness (QED) is 0.777. The van der Waals surface area contributed by atoms with Crippen LogP contribution >= 0.6 is 22.9 Å². The Morgan fingerprint density at radius 1 is 1.33 bits per heavy atom. The summed E-state index contributed by atoms with van der Waals surface area (Å²) in [4.78, 5) is 8.79. The van der Waals surface area contributed by atoms with Crippen LogP contribution < -0.4 is 4.90 Å². The molecule has 1 aliphatic rings. The molecule has 0 saturated heterocycles. The summed E-state index contributed by atoms with van der Waals surface area (Å²) < 4.78 is 38.4. The molecular weight excluding hydrogens is 323 g/mol. The molecule has 1 aliphatic carbocycles. The molecule has 2 aromatic heterocycles. The van der Waals surface area contributed by atoms with E-state index in [2.05, 4.69) is 9.97 Å². The highest BCUT2D eigenvalue weighted by Gasteiger charge is 2.37. The van der Waals surface area contributed by atoms with Gasteiger partial charge in [0.25, 0.3) is 0 Å². The first-order valence-corrected chi connectivity index (χ1v) is 7.65. The van der Waals surface area contributed by atoms with E-state index in [1.54, 1.807) is 11.3 Å².